The van der Waals surface area contributed by atoms with Crippen LogP contribution >= 0.6 is 23.2 Å². The molecule has 24 heavy (non-hydrogen) atoms. The molecule has 0 spiro atoms. The van der Waals surface area contributed by atoms with Gasteiger partial charge in [0.2, 0.25) is 0 Å². The minimum Gasteiger partial charge on any atom is -0.464 e. The van der Waals surface area contributed by atoms with Crippen LogP contribution in [-0.4, -0.2) is 25.5 Å². The van der Waals surface area contributed by atoms with E-state index in [0.717, 1.165) is 28.8 Å². The Morgan fingerprint density at radius 2 is 1.83 bits per heavy atom. The Kier molecular flexibility index (Phi) is 4.64. The minimum absolute atomic E-state index is 0.00970. The molecule has 5 nitrogen and oxygen atoms in total. The molecule has 1 heterocycles. The number of aromatic nitrogens is 1. The molecule has 0 atom stereocenters. The Hall–Kier alpha value is -1.50. The lowest BCUT2D eigenvalue weighted by atomic mass is 9.98. The van der Waals surface area contributed by atoms with E-state index < -0.39 is 16.0 Å². The van der Waals surface area contributed by atoms with Crippen molar-refractivity contribution >= 4 is 39.2 Å². The van der Waals surface area contributed by atoms with Gasteiger partial charge in [-0.3, -0.25) is 0 Å². The van der Waals surface area contributed by atoms with E-state index in [4.69, 9.17) is 27.9 Å². The number of methoxy groups -OCH3 is 1. The van der Waals surface area contributed by atoms with Crippen molar-refractivity contribution in [3.63, 3.8) is 0 Å². The molecule has 1 aromatic heterocycles. The first-order chi connectivity index (χ1) is 11.4. The summed E-state index contributed by atoms with van der Waals surface area (Å²) < 4.78 is 32.1. The lowest BCUT2D eigenvalue weighted by molar-refractivity contribution is 0.0592. The van der Waals surface area contributed by atoms with Gasteiger partial charge in [0.15, 0.2) is 0 Å². The summed E-state index contributed by atoms with van der Waals surface area (Å²) in [7, 11) is -2.76. The largest absolute Gasteiger partial charge is 0.464 e. The smallest absolute Gasteiger partial charge is 0.355 e. The third kappa shape index (κ3) is 2.83. The summed E-state index contributed by atoms with van der Waals surface area (Å²) >= 11 is 11.8. The van der Waals surface area contributed by atoms with E-state index in [9.17, 15) is 13.2 Å². The first-order valence-corrected chi connectivity index (χ1v) is 9.58. The van der Waals surface area contributed by atoms with Crippen LogP contribution in [0.1, 0.15) is 34.6 Å². The number of rotatable bonds is 3. The highest BCUT2D eigenvalue weighted by atomic mass is 35.5. The number of benzene rings is 1. The monoisotopic (exact) mass is 387 g/mol. The van der Waals surface area contributed by atoms with Gasteiger partial charge in [-0.1, -0.05) is 23.2 Å². The maximum absolute atomic E-state index is 13.1. The topological polar surface area (TPSA) is 65.4 Å². The van der Waals surface area contributed by atoms with Gasteiger partial charge in [0.05, 0.1) is 22.1 Å². The zero-order valence-electron chi connectivity index (χ0n) is 12.9. The van der Waals surface area contributed by atoms with E-state index in [1.165, 1.54) is 25.3 Å². The fourth-order valence-electron chi connectivity index (χ4n) is 2.93. The van der Waals surface area contributed by atoms with E-state index >= 15 is 0 Å². The van der Waals surface area contributed by atoms with Gasteiger partial charge < -0.3 is 4.74 Å². The molecule has 0 saturated carbocycles. The molecule has 1 aromatic carbocycles. The number of halogens is 2. The molecule has 8 heteroatoms. The lowest BCUT2D eigenvalue weighted by Crippen LogP contribution is -2.22. The molecule has 0 N–H and O–H groups in total. The lowest BCUT2D eigenvalue weighted by Gasteiger charge is -2.17. The molecule has 128 valence electrons. The van der Waals surface area contributed by atoms with E-state index in [-0.39, 0.29) is 20.6 Å². The van der Waals surface area contributed by atoms with Crippen LogP contribution in [0.2, 0.25) is 10.0 Å². The number of fused-ring (bicyclic) bond motifs is 1. The maximum atomic E-state index is 13.1. The molecule has 3 rings (SSSR count). The van der Waals surface area contributed by atoms with Gasteiger partial charge in [0, 0.05) is 5.69 Å². The average molecular weight is 388 g/mol. The highest BCUT2D eigenvalue weighted by Crippen LogP contribution is 2.31. The second-order valence-corrected chi connectivity index (χ2v) is 8.15. The normalized spacial score (nSPS) is 14.3. The predicted molar refractivity (Wildman–Crippen MR) is 91.5 cm³/mol. The molecule has 0 bridgehead atoms. The summed E-state index contributed by atoms with van der Waals surface area (Å²) in [4.78, 5) is 12.1. The first-order valence-electron chi connectivity index (χ1n) is 7.38. The van der Waals surface area contributed by atoms with Crippen molar-refractivity contribution in [3.05, 3.63) is 51.3 Å². The van der Waals surface area contributed by atoms with E-state index in [1.807, 2.05) is 0 Å². The fraction of sp³-hybridized carbons (Fsp3) is 0.312. The Labute approximate surface area is 150 Å². The number of carbonyl (C=O) groups excluding carboxylic acids is 1. The summed E-state index contributed by atoms with van der Waals surface area (Å²) in [6.07, 6.45) is 3.16. The second-order valence-electron chi connectivity index (χ2n) is 5.55. The molecular formula is C16H15Cl2NO4S. The number of hydrogen-bond donors (Lipinski definition) is 0. The highest BCUT2D eigenvalue weighted by Gasteiger charge is 2.31. The molecule has 0 amide bonds. The van der Waals surface area contributed by atoms with Crippen molar-refractivity contribution in [2.45, 2.75) is 30.6 Å². The van der Waals surface area contributed by atoms with Gasteiger partial charge in [-0.2, -0.15) is 0 Å². The first kappa shape index (κ1) is 17.3. The molecule has 0 unspecified atom stereocenters. The van der Waals surface area contributed by atoms with Gasteiger partial charge in [0.25, 0.3) is 10.0 Å². The summed E-state index contributed by atoms with van der Waals surface area (Å²) in [5, 5.41) is 0.400. The Morgan fingerprint density at radius 3 is 2.50 bits per heavy atom. The average Bonchev–Trinajstić information content (AvgIpc) is 2.96. The van der Waals surface area contributed by atoms with Gasteiger partial charge in [-0.15, -0.1) is 0 Å². The van der Waals surface area contributed by atoms with Crippen LogP contribution in [-0.2, 0) is 27.6 Å². The molecule has 1 aliphatic rings. The number of nitrogens with zero attached hydrogens (tertiary/aromatic N) is 1. The number of aryl methyl sites for hydroxylation is 1. The van der Waals surface area contributed by atoms with Crippen molar-refractivity contribution in [1.82, 2.24) is 3.97 Å². The predicted octanol–water partition coefficient (Wildman–Crippen LogP) is 3.70. The Bertz CT molecular complexity index is 918. The molecule has 2 aromatic rings. The van der Waals surface area contributed by atoms with Gasteiger partial charge in [0.1, 0.15) is 5.69 Å². The number of hydrogen-bond acceptors (Lipinski definition) is 4. The van der Waals surface area contributed by atoms with Crippen LogP contribution in [0.4, 0.5) is 0 Å². The van der Waals surface area contributed by atoms with Crippen LogP contribution in [0, 0.1) is 0 Å². The number of carbonyl (C=O) groups is 1. The quantitative estimate of drug-likeness (QED) is 0.753. The van der Waals surface area contributed by atoms with Crippen molar-refractivity contribution in [2.24, 2.45) is 0 Å². The molecule has 1 aliphatic carbocycles. The zero-order valence-corrected chi connectivity index (χ0v) is 15.2. The molecule has 0 fully saturated rings. The van der Waals surface area contributed by atoms with Crippen molar-refractivity contribution in [3.8, 4) is 0 Å². The van der Waals surface area contributed by atoms with Gasteiger partial charge in [-0.25, -0.2) is 17.2 Å². The van der Waals surface area contributed by atoms with Gasteiger partial charge >= 0.3 is 5.97 Å². The van der Waals surface area contributed by atoms with E-state index in [2.05, 4.69) is 0 Å². The van der Waals surface area contributed by atoms with Crippen molar-refractivity contribution in [1.29, 1.82) is 0 Å². The molecule has 0 radical (unpaired) electrons. The van der Waals surface area contributed by atoms with Crippen LogP contribution in [0.25, 0.3) is 0 Å². The Balaban J connectivity index is 2.25. The van der Waals surface area contributed by atoms with Crippen molar-refractivity contribution < 1.29 is 17.9 Å². The number of ether oxygens (including phenoxy) is 1. The van der Waals surface area contributed by atoms with Crippen LogP contribution in [0.15, 0.2) is 29.2 Å². The summed E-state index contributed by atoms with van der Waals surface area (Å²) in [5.74, 6) is -0.687. The minimum atomic E-state index is -3.99. The molecule has 0 saturated heterocycles. The van der Waals surface area contributed by atoms with Gasteiger partial charge in [-0.05, 0) is 55.5 Å². The van der Waals surface area contributed by atoms with Crippen LogP contribution < -0.4 is 0 Å². The third-order valence-electron chi connectivity index (χ3n) is 4.08. The third-order valence-corrected chi connectivity index (χ3v) is 6.57. The highest BCUT2D eigenvalue weighted by molar-refractivity contribution is 7.90. The standard InChI is InChI=1S/C16H15Cl2NO4S/c1-23-16(20)15-8-10-4-2-3-5-14(10)19(15)24(21,22)11-6-7-12(17)13(18)9-11/h6-9H,2-5H2,1H3. The van der Waals surface area contributed by atoms with E-state index in [1.54, 1.807) is 6.07 Å². The Morgan fingerprint density at radius 1 is 1.12 bits per heavy atom. The summed E-state index contributed by atoms with van der Waals surface area (Å²) in [5.41, 5.74) is 1.51. The zero-order chi connectivity index (χ0) is 17.5. The van der Waals surface area contributed by atoms with Crippen molar-refractivity contribution in [2.75, 3.05) is 7.11 Å². The molecular weight excluding hydrogens is 373 g/mol. The summed E-state index contributed by atoms with van der Waals surface area (Å²) in [6.45, 7) is 0. The summed E-state index contributed by atoms with van der Waals surface area (Å²) in [6, 6.07) is 5.69. The SMILES string of the molecule is COC(=O)c1cc2c(n1S(=O)(=O)c1ccc(Cl)c(Cl)c1)CCCC2. The molecule has 0 aliphatic heterocycles. The van der Waals surface area contributed by atoms with Crippen LogP contribution in [0.3, 0.4) is 0 Å². The van der Waals surface area contributed by atoms with Crippen LogP contribution in [0.5, 0.6) is 0 Å². The number of esters is 1. The van der Waals surface area contributed by atoms with E-state index in [0.29, 0.717) is 12.1 Å². The second kappa shape index (κ2) is 6.43. The fourth-order valence-corrected chi connectivity index (χ4v) is 4.90. The maximum Gasteiger partial charge on any atom is 0.355 e.